The molecule has 2 aromatic rings. The lowest BCUT2D eigenvalue weighted by Crippen LogP contribution is -3.12. The first-order valence-corrected chi connectivity index (χ1v) is 9.16. The summed E-state index contributed by atoms with van der Waals surface area (Å²) >= 11 is 6.09. The van der Waals surface area contributed by atoms with Crippen molar-refractivity contribution in [1.29, 1.82) is 0 Å². The summed E-state index contributed by atoms with van der Waals surface area (Å²) in [6.07, 6.45) is 0. The molecule has 0 saturated carbocycles. The fraction of sp³-hybridized carbons (Fsp3) is 0.350. The Hall–Kier alpha value is -2.44. The van der Waals surface area contributed by atoms with Crippen molar-refractivity contribution in [1.82, 2.24) is 5.32 Å². The quantitative estimate of drug-likeness (QED) is 0.755. The summed E-state index contributed by atoms with van der Waals surface area (Å²) in [6.45, 7) is 3.21. The van der Waals surface area contributed by atoms with E-state index in [9.17, 15) is 4.79 Å². The zero-order chi connectivity index (χ0) is 19.4. The number of likely N-dealkylation sites (N-methyl/N-ethyl adjacent to an activating group) is 1. The minimum absolute atomic E-state index is 0.0221. The first kappa shape index (κ1) is 19.3. The second-order valence-corrected chi connectivity index (χ2v) is 7.04. The van der Waals surface area contributed by atoms with Crippen molar-refractivity contribution >= 4 is 17.5 Å². The van der Waals surface area contributed by atoms with E-state index in [2.05, 4.69) is 5.32 Å². The molecule has 27 heavy (non-hydrogen) atoms. The number of hydrogen-bond donors (Lipinski definition) is 2. The van der Waals surface area contributed by atoms with Crippen LogP contribution in [0.2, 0.25) is 5.02 Å². The maximum Gasteiger partial charge on any atom is 0.278 e. The van der Waals surface area contributed by atoms with E-state index in [1.165, 1.54) is 0 Å². The third-order valence-corrected chi connectivity index (χ3v) is 4.98. The van der Waals surface area contributed by atoms with Gasteiger partial charge in [0, 0.05) is 17.1 Å². The van der Waals surface area contributed by atoms with Gasteiger partial charge in [-0.15, -0.1) is 0 Å². The average Bonchev–Trinajstić information content (AvgIpc) is 3.13. The van der Waals surface area contributed by atoms with Crippen LogP contribution in [0.3, 0.4) is 0 Å². The summed E-state index contributed by atoms with van der Waals surface area (Å²) in [7, 11) is 3.61. The van der Waals surface area contributed by atoms with Gasteiger partial charge in [-0.1, -0.05) is 17.7 Å². The topological polar surface area (TPSA) is 61.2 Å². The van der Waals surface area contributed by atoms with E-state index in [1.807, 2.05) is 44.3 Å². The lowest BCUT2D eigenvalue weighted by molar-refractivity contribution is -0.908. The standard InChI is InChI=1S/C20H23ClN2O4/c1-13(23(2)11-15-9-16(21)5-7-17(15)25-3)20(24)22-10-14-4-6-18-19(8-14)27-12-26-18/h4-9,13H,10-12H2,1-3H3,(H,22,24)/p+1/t13-/m1/s1. The third-order valence-electron chi connectivity index (χ3n) is 4.75. The monoisotopic (exact) mass is 391 g/mol. The SMILES string of the molecule is COc1ccc(Cl)cc1C[NH+](C)[C@H](C)C(=O)NCc1ccc2c(c1)OCO2. The van der Waals surface area contributed by atoms with Crippen molar-refractivity contribution in [2.75, 3.05) is 21.0 Å². The van der Waals surface area contributed by atoms with E-state index in [0.717, 1.165) is 27.5 Å². The number of fused-ring (bicyclic) bond motifs is 1. The zero-order valence-electron chi connectivity index (χ0n) is 15.7. The van der Waals surface area contributed by atoms with Crippen LogP contribution in [0.5, 0.6) is 17.2 Å². The molecule has 0 fully saturated rings. The molecule has 0 bridgehead atoms. The second-order valence-electron chi connectivity index (χ2n) is 6.61. The Bertz CT molecular complexity index is 828. The number of rotatable bonds is 7. The van der Waals surface area contributed by atoms with Crippen LogP contribution in [0.25, 0.3) is 0 Å². The molecule has 0 spiro atoms. The fourth-order valence-corrected chi connectivity index (χ4v) is 3.15. The van der Waals surface area contributed by atoms with Crippen LogP contribution in [0, 0.1) is 0 Å². The van der Waals surface area contributed by atoms with Gasteiger partial charge in [-0.2, -0.15) is 0 Å². The number of carbonyl (C=O) groups excluding carboxylic acids is 1. The van der Waals surface area contributed by atoms with Crippen molar-refractivity contribution in [3.63, 3.8) is 0 Å². The number of benzene rings is 2. The van der Waals surface area contributed by atoms with Crippen LogP contribution in [0.4, 0.5) is 0 Å². The number of methoxy groups -OCH3 is 1. The van der Waals surface area contributed by atoms with E-state index in [0.29, 0.717) is 23.9 Å². The van der Waals surface area contributed by atoms with Crippen LogP contribution < -0.4 is 24.4 Å². The number of quaternary nitrogens is 1. The van der Waals surface area contributed by atoms with Gasteiger partial charge in [0.25, 0.3) is 5.91 Å². The van der Waals surface area contributed by atoms with Gasteiger partial charge >= 0.3 is 0 Å². The van der Waals surface area contributed by atoms with Crippen LogP contribution >= 0.6 is 11.6 Å². The molecule has 1 aliphatic rings. The van der Waals surface area contributed by atoms with Crippen LogP contribution in [0.15, 0.2) is 36.4 Å². The predicted octanol–water partition coefficient (Wildman–Crippen LogP) is 1.80. The molecule has 1 heterocycles. The Morgan fingerprint density at radius 1 is 1.26 bits per heavy atom. The molecule has 1 amide bonds. The van der Waals surface area contributed by atoms with Crippen LogP contribution in [-0.4, -0.2) is 32.9 Å². The number of carbonyl (C=O) groups is 1. The molecule has 0 saturated heterocycles. The molecular formula is C20H24ClN2O4+. The highest BCUT2D eigenvalue weighted by Crippen LogP contribution is 2.32. The largest absolute Gasteiger partial charge is 0.496 e. The second kappa shape index (κ2) is 8.50. The predicted molar refractivity (Wildman–Crippen MR) is 102 cm³/mol. The Kier molecular flexibility index (Phi) is 6.08. The maximum atomic E-state index is 12.6. The fourth-order valence-electron chi connectivity index (χ4n) is 2.96. The van der Waals surface area contributed by atoms with Gasteiger partial charge in [-0.3, -0.25) is 4.79 Å². The number of amides is 1. The number of hydrogen-bond acceptors (Lipinski definition) is 4. The summed E-state index contributed by atoms with van der Waals surface area (Å²) in [6, 6.07) is 10.9. The first-order chi connectivity index (χ1) is 13.0. The van der Waals surface area contributed by atoms with Gasteiger partial charge in [0.15, 0.2) is 17.5 Å². The molecule has 2 N–H and O–H groups in total. The summed E-state index contributed by atoms with van der Waals surface area (Å²) in [5.74, 6) is 2.20. The molecule has 7 heteroatoms. The molecule has 144 valence electrons. The van der Waals surface area contributed by atoms with Gasteiger partial charge in [0.05, 0.1) is 14.2 Å². The van der Waals surface area contributed by atoms with Crippen molar-refractivity contribution in [3.05, 3.63) is 52.5 Å². The van der Waals surface area contributed by atoms with E-state index < -0.39 is 0 Å². The smallest absolute Gasteiger partial charge is 0.278 e. The highest BCUT2D eigenvalue weighted by Gasteiger charge is 2.23. The Morgan fingerprint density at radius 3 is 2.81 bits per heavy atom. The normalized spacial score (nSPS) is 14.5. The maximum absolute atomic E-state index is 12.6. The average molecular weight is 392 g/mol. The third kappa shape index (κ3) is 4.64. The first-order valence-electron chi connectivity index (χ1n) is 8.79. The van der Waals surface area contributed by atoms with Gasteiger partial charge in [0.1, 0.15) is 12.3 Å². The minimum Gasteiger partial charge on any atom is -0.496 e. The Morgan fingerprint density at radius 2 is 2.04 bits per heavy atom. The van der Waals surface area contributed by atoms with Crippen molar-refractivity contribution in [3.8, 4) is 17.2 Å². The molecule has 2 atom stereocenters. The Labute approximate surface area is 164 Å². The van der Waals surface area contributed by atoms with E-state index in [4.69, 9.17) is 25.8 Å². The Balaban J connectivity index is 1.57. The lowest BCUT2D eigenvalue weighted by Gasteiger charge is -2.22. The van der Waals surface area contributed by atoms with Crippen molar-refractivity contribution in [2.24, 2.45) is 0 Å². The summed E-state index contributed by atoms with van der Waals surface area (Å²) in [5.41, 5.74) is 1.94. The molecule has 1 unspecified atom stereocenters. The highest BCUT2D eigenvalue weighted by molar-refractivity contribution is 6.30. The minimum atomic E-state index is -0.234. The van der Waals surface area contributed by atoms with Crippen LogP contribution in [-0.2, 0) is 17.9 Å². The van der Waals surface area contributed by atoms with Gasteiger partial charge in [-0.05, 0) is 42.8 Å². The molecule has 0 aromatic heterocycles. The van der Waals surface area contributed by atoms with Crippen molar-refractivity contribution < 1.29 is 23.9 Å². The summed E-state index contributed by atoms with van der Waals surface area (Å²) in [5, 5.41) is 3.63. The molecule has 0 radical (unpaired) electrons. The van der Waals surface area contributed by atoms with Gasteiger partial charge in [0.2, 0.25) is 6.79 Å². The van der Waals surface area contributed by atoms with Gasteiger partial charge < -0.3 is 24.4 Å². The summed E-state index contributed by atoms with van der Waals surface area (Å²) < 4.78 is 16.1. The summed E-state index contributed by atoms with van der Waals surface area (Å²) in [4.78, 5) is 13.6. The van der Waals surface area contributed by atoms with Crippen molar-refractivity contribution in [2.45, 2.75) is 26.1 Å². The molecule has 2 aromatic carbocycles. The molecule has 1 aliphatic heterocycles. The molecular weight excluding hydrogens is 368 g/mol. The number of nitrogens with one attached hydrogen (secondary N) is 2. The molecule has 3 rings (SSSR count). The van der Waals surface area contributed by atoms with E-state index in [-0.39, 0.29) is 18.7 Å². The van der Waals surface area contributed by atoms with Gasteiger partial charge in [-0.25, -0.2) is 0 Å². The van der Waals surface area contributed by atoms with Crippen LogP contribution in [0.1, 0.15) is 18.1 Å². The zero-order valence-corrected chi connectivity index (χ0v) is 16.4. The number of halogens is 1. The highest BCUT2D eigenvalue weighted by atomic mass is 35.5. The van der Waals surface area contributed by atoms with E-state index in [1.54, 1.807) is 13.2 Å². The van der Waals surface area contributed by atoms with E-state index >= 15 is 0 Å². The lowest BCUT2D eigenvalue weighted by atomic mass is 10.1. The molecule has 6 nitrogen and oxygen atoms in total. The molecule has 0 aliphatic carbocycles. The number of ether oxygens (including phenoxy) is 3.